The molecule has 0 aromatic heterocycles. The van der Waals surface area contributed by atoms with Crippen molar-refractivity contribution < 1.29 is 29.1 Å². The lowest BCUT2D eigenvalue weighted by atomic mass is 10.0. The van der Waals surface area contributed by atoms with E-state index in [2.05, 4.69) is 20.9 Å². The van der Waals surface area contributed by atoms with Gasteiger partial charge < -0.3 is 44.0 Å². The Morgan fingerprint density at radius 3 is 2.11 bits per heavy atom. The van der Waals surface area contributed by atoms with Crippen LogP contribution < -0.4 is 38.9 Å². The standard InChI is InChI=1S/C22H34N8O6/c23-14(7-4-10-27-22(25)26)19(34)30-16(11-13-5-2-1-3-6-13)21(36)29-15(8-9-17(24)31)20(35)28-12-18(32)33/h1-3,5-6,14-16H,4,7-12,23H2,(H2,24,31)(H,28,35)(H,29,36)(H,30,34)(H,32,33)(H4,25,26,27). The normalized spacial score (nSPS) is 12.9. The molecule has 0 bridgehead atoms. The second-order valence-corrected chi connectivity index (χ2v) is 7.98. The summed E-state index contributed by atoms with van der Waals surface area (Å²) in [5, 5.41) is 16.0. The second-order valence-electron chi connectivity index (χ2n) is 7.98. The van der Waals surface area contributed by atoms with E-state index in [0.717, 1.165) is 5.56 Å². The van der Waals surface area contributed by atoms with Gasteiger partial charge >= 0.3 is 5.97 Å². The van der Waals surface area contributed by atoms with Crippen molar-refractivity contribution in [1.82, 2.24) is 16.0 Å². The number of carboxylic acids is 1. The molecule has 12 N–H and O–H groups in total. The molecule has 14 heteroatoms. The summed E-state index contributed by atoms with van der Waals surface area (Å²) in [5.41, 5.74) is 22.4. The highest BCUT2D eigenvalue weighted by Crippen LogP contribution is 2.07. The van der Waals surface area contributed by atoms with E-state index in [1.54, 1.807) is 30.3 Å². The minimum atomic E-state index is -1.29. The molecule has 0 aliphatic rings. The maximum Gasteiger partial charge on any atom is 0.322 e. The van der Waals surface area contributed by atoms with Crippen molar-refractivity contribution in [2.75, 3.05) is 13.1 Å². The number of nitrogens with two attached hydrogens (primary N) is 4. The Morgan fingerprint density at radius 1 is 0.889 bits per heavy atom. The van der Waals surface area contributed by atoms with Crippen molar-refractivity contribution in [1.29, 1.82) is 0 Å². The number of carbonyl (C=O) groups excluding carboxylic acids is 4. The monoisotopic (exact) mass is 506 g/mol. The zero-order chi connectivity index (χ0) is 27.1. The predicted molar refractivity (Wildman–Crippen MR) is 131 cm³/mol. The van der Waals surface area contributed by atoms with Gasteiger partial charge in [-0.1, -0.05) is 30.3 Å². The first-order valence-corrected chi connectivity index (χ1v) is 11.2. The summed E-state index contributed by atoms with van der Waals surface area (Å²) in [6.07, 6.45) is 0.366. The largest absolute Gasteiger partial charge is 0.480 e. The molecule has 4 amide bonds. The van der Waals surface area contributed by atoms with Gasteiger partial charge in [0.2, 0.25) is 23.6 Å². The highest BCUT2D eigenvalue weighted by atomic mass is 16.4. The number of carboxylic acid groups (broad SMARTS) is 1. The first-order valence-electron chi connectivity index (χ1n) is 11.2. The Labute approximate surface area is 208 Å². The van der Waals surface area contributed by atoms with Crippen molar-refractivity contribution in [3.8, 4) is 0 Å². The van der Waals surface area contributed by atoms with Gasteiger partial charge in [0, 0.05) is 19.4 Å². The van der Waals surface area contributed by atoms with Crippen LogP contribution in [0, 0.1) is 0 Å². The average Bonchev–Trinajstić information content (AvgIpc) is 2.82. The quantitative estimate of drug-likeness (QED) is 0.0646. The van der Waals surface area contributed by atoms with E-state index in [4.69, 9.17) is 28.0 Å². The van der Waals surface area contributed by atoms with Crippen LogP contribution in [0.2, 0.25) is 0 Å². The van der Waals surface area contributed by atoms with Crippen LogP contribution in [0.25, 0.3) is 0 Å². The summed E-state index contributed by atoms with van der Waals surface area (Å²) < 4.78 is 0. The maximum atomic E-state index is 13.1. The molecule has 1 aromatic carbocycles. The topological polar surface area (TPSA) is 258 Å². The predicted octanol–water partition coefficient (Wildman–Crippen LogP) is -2.95. The Bertz CT molecular complexity index is 936. The number of benzene rings is 1. The minimum Gasteiger partial charge on any atom is -0.480 e. The van der Waals surface area contributed by atoms with Crippen LogP contribution in [0.4, 0.5) is 0 Å². The SMILES string of the molecule is NC(=O)CCC(NC(=O)C(Cc1ccccc1)NC(=O)C(N)CCCN=C(N)N)C(=O)NCC(=O)O. The fraction of sp³-hybridized carbons (Fsp3) is 0.455. The summed E-state index contributed by atoms with van der Waals surface area (Å²) in [4.78, 5) is 64.0. The van der Waals surface area contributed by atoms with Gasteiger partial charge in [-0.2, -0.15) is 0 Å². The fourth-order valence-corrected chi connectivity index (χ4v) is 3.10. The Balaban J connectivity index is 2.97. The molecular weight excluding hydrogens is 472 g/mol. The van der Waals surface area contributed by atoms with Crippen molar-refractivity contribution >= 4 is 35.6 Å². The zero-order valence-electron chi connectivity index (χ0n) is 19.8. The van der Waals surface area contributed by atoms with Gasteiger partial charge in [0.05, 0.1) is 6.04 Å². The highest BCUT2D eigenvalue weighted by Gasteiger charge is 2.28. The number of primary amides is 1. The molecule has 3 unspecified atom stereocenters. The molecule has 36 heavy (non-hydrogen) atoms. The van der Waals surface area contributed by atoms with Crippen LogP contribution in [-0.4, -0.2) is 71.9 Å². The number of hydrogen-bond acceptors (Lipinski definition) is 7. The van der Waals surface area contributed by atoms with Crippen LogP contribution in [0.1, 0.15) is 31.2 Å². The molecule has 14 nitrogen and oxygen atoms in total. The van der Waals surface area contributed by atoms with Gasteiger partial charge in [-0.15, -0.1) is 0 Å². The number of nitrogens with one attached hydrogen (secondary N) is 3. The van der Waals surface area contributed by atoms with Crippen molar-refractivity contribution in [3.63, 3.8) is 0 Å². The Kier molecular flexibility index (Phi) is 13.0. The highest BCUT2D eigenvalue weighted by molar-refractivity contribution is 5.94. The Hall–Kier alpha value is -4.20. The molecule has 0 saturated heterocycles. The van der Waals surface area contributed by atoms with Crippen LogP contribution >= 0.6 is 0 Å². The molecule has 1 aromatic rings. The molecule has 0 aliphatic carbocycles. The van der Waals surface area contributed by atoms with Crippen LogP contribution in [-0.2, 0) is 30.4 Å². The minimum absolute atomic E-state index is 0.0779. The lowest BCUT2D eigenvalue weighted by Crippen LogP contribution is -2.56. The van der Waals surface area contributed by atoms with E-state index < -0.39 is 54.3 Å². The van der Waals surface area contributed by atoms with Crippen LogP contribution in [0.5, 0.6) is 0 Å². The van der Waals surface area contributed by atoms with Crippen molar-refractivity contribution in [3.05, 3.63) is 35.9 Å². The van der Waals surface area contributed by atoms with Crippen molar-refractivity contribution in [2.45, 2.75) is 50.2 Å². The first kappa shape index (κ1) is 29.8. The number of rotatable bonds is 16. The van der Waals surface area contributed by atoms with E-state index >= 15 is 0 Å². The van der Waals surface area contributed by atoms with Gasteiger partial charge in [-0.05, 0) is 24.8 Å². The summed E-state index contributed by atoms with van der Waals surface area (Å²) in [6.45, 7) is -0.398. The fourth-order valence-electron chi connectivity index (χ4n) is 3.10. The molecule has 0 radical (unpaired) electrons. The number of carbonyl (C=O) groups is 5. The van der Waals surface area contributed by atoms with E-state index in [-0.39, 0.29) is 38.2 Å². The van der Waals surface area contributed by atoms with E-state index in [1.165, 1.54) is 0 Å². The number of amides is 4. The lowest BCUT2D eigenvalue weighted by molar-refractivity contribution is -0.138. The van der Waals surface area contributed by atoms with Gasteiger partial charge in [-0.25, -0.2) is 0 Å². The zero-order valence-corrected chi connectivity index (χ0v) is 19.8. The molecule has 1 rings (SSSR count). The molecule has 0 heterocycles. The molecule has 3 atom stereocenters. The third-order valence-electron chi connectivity index (χ3n) is 4.95. The molecular formula is C22H34N8O6. The summed E-state index contributed by atoms with van der Waals surface area (Å²) in [5.74, 6) is -4.20. The summed E-state index contributed by atoms with van der Waals surface area (Å²) >= 11 is 0. The van der Waals surface area contributed by atoms with Gasteiger partial charge in [0.25, 0.3) is 0 Å². The number of hydrogen-bond donors (Lipinski definition) is 8. The van der Waals surface area contributed by atoms with Crippen LogP contribution in [0.15, 0.2) is 35.3 Å². The number of nitrogens with zero attached hydrogens (tertiary/aromatic N) is 1. The summed E-state index contributed by atoms with van der Waals surface area (Å²) in [7, 11) is 0. The van der Waals surface area contributed by atoms with Crippen molar-refractivity contribution in [2.24, 2.45) is 27.9 Å². The molecule has 198 valence electrons. The average molecular weight is 507 g/mol. The van der Waals surface area contributed by atoms with Gasteiger partial charge in [0.15, 0.2) is 5.96 Å². The first-order chi connectivity index (χ1) is 17.0. The number of aliphatic imine (C=N–C) groups is 1. The second kappa shape index (κ2) is 15.7. The van der Waals surface area contributed by atoms with E-state index in [1.807, 2.05) is 0 Å². The molecule has 0 aliphatic heterocycles. The number of aliphatic carboxylic acids is 1. The third-order valence-corrected chi connectivity index (χ3v) is 4.95. The van der Waals surface area contributed by atoms with E-state index in [0.29, 0.717) is 6.42 Å². The summed E-state index contributed by atoms with van der Waals surface area (Å²) in [6, 6.07) is 5.50. The Morgan fingerprint density at radius 2 is 1.53 bits per heavy atom. The van der Waals surface area contributed by atoms with Crippen LogP contribution in [0.3, 0.4) is 0 Å². The number of guanidine groups is 1. The lowest BCUT2D eigenvalue weighted by Gasteiger charge is -2.24. The third kappa shape index (κ3) is 12.3. The molecule has 0 fully saturated rings. The smallest absolute Gasteiger partial charge is 0.322 e. The molecule has 0 saturated carbocycles. The van der Waals surface area contributed by atoms with Gasteiger partial charge in [-0.3, -0.25) is 29.0 Å². The van der Waals surface area contributed by atoms with E-state index in [9.17, 15) is 24.0 Å². The molecule has 0 spiro atoms. The van der Waals surface area contributed by atoms with Gasteiger partial charge in [0.1, 0.15) is 18.6 Å². The maximum absolute atomic E-state index is 13.1.